The second-order valence-electron chi connectivity index (χ2n) is 8.06. The first-order valence-electron chi connectivity index (χ1n) is 10.0. The van der Waals surface area contributed by atoms with Crippen molar-refractivity contribution in [2.24, 2.45) is 11.8 Å². The lowest BCUT2D eigenvalue weighted by Crippen LogP contribution is -2.33. The molecule has 0 N–H and O–H groups in total. The van der Waals surface area contributed by atoms with Gasteiger partial charge < -0.3 is 4.57 Å². The highest BCUT2D eigenvalue weighted by atomic mass is 19.1. The van der Waals surface area contributed by atoms with Crippen LogP contribution in [0.25, 0.3) is 27.9 Å². The first-order valence-corrected chi connectivity index (χ1v) is 10.0. The molecule has 7 heteroatoms. The van der Waals surface area contributed by atoms with Crippen LogP contribution in [-0.2, 0) is 0 Å². The van der Waals surface area contributed by atoms with E-state index in [0.717, 1.165) is 12.8 Å². The molecular weight excluding hydrogens is 369 g/mol. The first-order chi connectivity index (χ1) is 14.0. The van der Waals surface area contributed by atoms with Crippen molar-refractivity contribution < 1.29 is 4.39 Å². The van der Waals surface area contributed by atoms with Gasteiger partial charge in [0.25, 0.3) is 11.3 Å². The van der Waals surface area contributed by atoms with E-state index in [1.807, 2.05) is 16.8 Å². The molecule has 29 heavy (non-hydrogen) atoms. The molecular formula is C22H22FN5O. The van der Waals surface area contributed by atoms with Crippen molar-refractivity contribution in [2.45, 2.75) is 39.2 Å². The van der Waals surface area contributed by atoms with Crippen molar-refractivity contribution in [2.75, 3.05) is 0 Å². The van der Waals surface area contributed by atoms with Gasteiger partial charge >= 0.3 is 0 Å². The minimum atomic E-state index is -0.329. The van der Waals surface area contributed by atoms with Gasteiger partial charge in [-0.3, -0.25) is 4.79 Å². The summed E-state index contributed by atoms with van der Waals surface area (Å²) in [6, 6.07) is 8.13. The van der Waals surface area contributed by atoms with Crippen molar-refractivity contribution in [3.05, 3.63) is 59.0 Å². The largest absolute Gasteiger partial charge is 0.311 e. The summed E-state index contributed by atoms with van der Waals surface area (Å²) in [5.41, 5.74) is 1.79. The predicted molar refractivity (Wildman–Crippen MR) is 109 cm³/mol. The van der Waals surface area contributed by atoms with Crippen LogP contribution in [0.3, 0.4) is 0 Å². The van der Waals surface area contributed by atoms with Gasteiger partial charge in [-0.1, -0.05) is 26.7 Å². The number of aromatic nitrogens is 5. The summed E-state index contributed by atoms with van der Waals surface area (Å²) in [6.45, 7) is 4.48. The molecule has 1 aliphatic rings. The summed E-state index contributed by atoms with van der Waals surface area (Å²) < 4.78 is 16.9. The zero-order valence-electron chi connectivity index (χ0n) is 16.4. The van der Waals surface area contributed by atoms with E-state index < -0.39 is 0 Å². The first kappa shape index (κ1) is 18.0. The summed E-state index contributed by atoms with van der Waals surface area (Å²) >= 11 is 0. The highest BCUT2D eigenvalue weighted by Gasteiger charge is 2.30. The monoisotopic (exact) mass is 391 g/mol. The van der Waals surface area contributed by atoms with Crippen LogP contribution >= 0.6 is 0 Å². The Labute approximate surface area is 167 Å². The molecule has 1 aromatic carbocycles. The second kappa shape index (κ2) is 6.76. The molecule has 0 spiro atoms. The summed E-state index contributed by atoms with van der Waals surface area (Å²) in [5.74, 6) is 1.07. The lowest BCUT2D eigenvalue weighted by Gasteiger charge is -2.35. The smallest absolute Gasteiger partial charge is 0.262 e. The van der Waals surface area contributed by atoms with Crippen molar-refractivity contribution in [1.29, 1.82) is 0 Å². The summed E-state index contributed by atoms with van der Waals surface area (Å²) in [4.78, 5) is 22.4. The number of pyridine rings is 1. The van der Waals surface area contributed by atoms with Gasteiger partial charge in [-0.05, 0) is 48.6 Å². The molecule has 3 heterocycles. The van der Waals surface area contributed by atoms with Gasteiger partial charge in [0.05, 0.1) is 16.6 Å². The lowest BCUT2D eigenvalue weighted by molar-refractivity contribution is 0.183. The fraction of sp³-hybridized carbons (Fsp3) is 0.364. The Morgan fingerprint density at radius 2 is 1.90 bits per heavy atom. The number of hydrogen-bond donors (Lipinski definition) is 0. The molecule has 0 saturated heterocycles. The van der Waals surface area contributed by atoms with Crippen molar-refractivity contribution in [1.82, 2.24) is 24.1 Å². The molecule has 6 nitrogen and oxygen atoms in total. The van der Waals surface area contributed by atoms with Crippen LogP contribution in [0.2, 0.25) is 0 Å². The highest BCUT2D eigenvalue weighted by molar-refractivity contribution is 5.93. The fourth-order valence-corrected chi connectivity index (χ4v) is 4.62. The third-order valence-corrected chi connectivity index (χ3v) is 6.44. The molecule has 0 radical (unpaired) electrons. The molecule has 3 atom stereocenters. The van der Waals surface area contributed by atoms with E-state index in [0.29, 0.717) is 39.8 Å². The van der Waals surface area contributed by atoms with Gasteiger partial charge in [0.1, 0.15) is 12.1 Å². The number of halogens is 1. The molecule has 0 amide bonds. The molecule has 5 rings (SSSR count). The normalized spacial score (nSPS) is 22.4. The number of fused-ring (bicyclic) bond motifs is 2. The molecule has 1 aliphatic carbocycles. The molecule has 1 fully saturated rings. The quantitative estimate of drug-likeness (QED) is 0.513. The molecule has 0 bridgehead atoms. The van der Waals surface area contributed by atoms with Crippen molar-refractivity contribution >= 4 is 16.7 Å². The topological polar surface area (TPSA) is 65.1 Å². The summed E-state index contributed by atoms with van der Waals surface area (Å²) in [6.07, 6.45) is 6.57. The lowest BCUT2D eigenvalue weighted by atomic mass is 9.78. The minimum absolute atomic E-state index is 0.0855. The molecule has 3 aromatic heterocycles. The van der Waals surface area contributed by atoms with E-state index in [1.54, 1.807) is 16.6 Å². The van der Waals surface area contributed by atoms with Crippen molar-refractivity contribution in [3.63, 3.8) is 0 Å². The molecule has 148 valence electrons. The Morgan fingerprint density at radius 1 is 1.10 bits per heavy atom. The third kappa shape index (κ3) is 2.84. The average molecular weight is 391 g/mol. The van der Waals surface area contributed by atoms with Gasteiger partial charge in [-0.15, -0.1) is 0 Å². The number of rotatable bonds is 2. The Morgan fingerprint density at radius 3 is 2.69 bits per heavy atom. The highest BCUT2D eigenvalue weighted by Crippen LogP contribution is 2.37. The predicted octanol–water partition coefficient (Wildman–Crippen LogP) is 4.24. The fourth-order valence-electron chi connectivity index (χ4n) is 4.62. The summed E-state index contributed by atoms with van der Waals surface area (Å²) in [7, 11) is 0. The van der Waals surface area contributed by atoms with Gasteiger partial charge in [-0.2, -0.15) is 14.6 Å². The van der Waals surface area contributed by atoms with E-state index in [2.05, 4.69) is 28.9 Å². The van der Waals surface area contributed by atoms with Crippen LogP contribution in [0.4, 0.5) is 4.39 Å². The molecule has 1 saturated carbocycles. The Kier molecular flexibility index (Phi) is 4.19. The number of benzene rings is 1. The zero-order valence-corrected chi connectivity index (χ0v) is 16.4. The standard InChI is InChI=1S/C22H22FN5O/c1-13-4-3-5-18(14(13)2)27-11-10-17-19(21(27)29)20(15-6-8-16(23)9-7-15)28-22(26-17)24-12-25-28/h6-14,18H,3-5H2,1-2H3/t13-,14+,18+/m0/s1. The van der Waals surface area contributed by atoms with E-state index >= 15 is 0 Å². The maximum Gasteiger partial charge on any atom is 0.262 e. The van der Waals surface area contributed by atoms with Gasteiger partial charge in [0.2, 0.25) is 0 Å². The van der Waals surface area contributed by atoms with Crippen molar-refractivity contribution in [3.8, 4) is 11.3 Å². The van der Waals surface area contributed by atoms with Crippen LogP contribution in [0.1, 0.15) is 39.2 Å². The maximum atomic E-state index is 13.7. The molecule has 0 unspecified atom stereocenters. The third-order valence-electron chi connectivity index (χ3n) is 6.44. The van der Waals surface area contributed by atoms with E-state index in [9.17, 15) is 9.18 Å². The SMILES string of the molecule is C[C@H]1[C@H](n2ccc3nc4ncnn4c(-c4ccc(F)cc4)c3c2=O)CCC[C@@H]1C. The Bertz CT molecular complexity index is 1260. The van der Waals surface area contributed by atoms with Gasteiger partial charge in [0.15, 0.2) is 0 Å². The van der Waals surface area contributed by atoms with E-state index in [1.165, 1.54) is 24.9 Å². The minimum Gasteiger partial charge on any atom is -0.311 e. The molecule has 0 aliphatic heterocycles. The number of nitrogens with zero attached hydrogens (tertiary/aromatic N) is 5. The second-order valence-corrected chi connectivity index (χ2v) is 8.06. The average Bonchev–Trinajstić information content (AvgIpc) is 3.18. The van der Waals surface area contributed by atoms with Crippen LogP contribution in [0, 0.1) is 17.7 Å². The van der Waals surface area contributed by atoms with E-state index in [-0.39, 0.29) is 17.4 Å². The van der Waals surface area contributed by atoms with E-state index in [4.69, 9.17) is 0 Å². The van der Waals surface area contributed by atoms with Gasteiger partial charge in [-0.25, -0.2) is 9.37 Å². The number of hydrogen-bond acceptors (Lipinski definition) is 4. The van der Waals surface area contributed by atoms with Crippen LogP contribution in [0.5, 0.6) is 0 Å². The van der Waals surface area contributed by atoms with Crippen LogP contribution < -0.4 is 5.56 Å². The summed E-state index contributed by atoms with van der Waals surface area (Å²) in [5, 5.41) is 4.77. The zero-order chi connectivity index (χ0) is 20.1. The van der Waals surface area contributed by atoms with Crippen LogP contribution in [0.15, 0.2) is 47.7 Å². The Balaban J connectivity index is 1.82. The maximum absolute atomic E-state index is 13.7. The van der Waals surface area contributed by atoms with Gasteiger partial charge in [0, 0.05) is 17.8 Å². The van der Waals surface area contributed by atoms with Crippen LogP contribution in [-0.4, -0.2) is 24.1 Å². The Hall–Kier alpha value is -3.09. The molecule has 4 aromatic rings.